The maximum absolute atomic E-state index is 10.1. The summed E-state index contributed by atoms with van der Waals surface area (Å²) in [7, 11) is 0. The van der Waals surface area contributed by atoms with Crippen LogP contribution in [0.1, 0.15) is 24.8 Å². The lowest BCUT2D eigenvalue weighted by Crippen LogP contribution is -2.27. The van der Waals surface area contributed by atoms with E-state index in [0.29, 0.717) is 26.2 Å². The number of aliphatic hydroxyl groups is 1. The minimum Gasteiger partial charge on any atom is -0.392 e. The van der Waals surface area contributed by atoms with Crippen molar-refractivity contribution in [2.24, 2.45) is 5.73 Å². The van der Waals surface area contributed by atoms with Gasteiger partial charge in [0.05, 0.1) is 6.10 Å². The molecule has 0 amide bonds. The molecular formula is C13H20BrNO2. The molecule has 1 aromatic carbocycles. The largest absolute Gasteiger partial charge is 0.392 e. The van der Waals surface area contributed by atoms with Gasteiger partial charge < -0.3 is 15.6 Å². The summed E-state index contributed by atoms with van der Waals surface area (Å²) in [6.07, 6.45) is 0.166. The third-order valence-corrected chi connectivity index (χ3v) is 3.31. The first-order valence-corrected chi connectivity index (χ1v) is 6.69. The van der Waals surface area contributed by atoms with E-state index < -0.39 is 6.10 Å². The van der Waals surface area contributed by atoms with Crippen LogP contribution in [0.4, 0.5) is 0 Å². The molecule has 0 aromatic heterocycles. The van der Waals surface area contributed by atoms with Crippen molar-refractivity contribution in [3.63, 3.8) is 0 Å². The molecule has 96 valence electrons. The first kappa shape index (κ1) is 14.6. The van der Waals surface area contributed by atoms with Crippen LogP contribution in [0.25, 0.3) is 0 Å². The van der Waals surface area contributed by atoms with Crippen molar-refractivity contribution in [3.05, 3.63) is 34.3 Å². The number of ether oxygens (including phenoxy) is 1. The predicted molar refractivity (Wildman–Crippen MR) is 73.1 cm³/mol. The fourth-order valence-corrected chi connectivity index (χ4v) is 2.04. The second-order valence-corrected chi connectivity index (χ2v) is 4.86. The summed E-state index contributed by atoms with van der Waals surface area (Å²) in [6.45, 7) is 3.64. The average molecular weight is 302 g/mol. The maximum Gasteiger partial charge on any atom is 0.0642 e. The normalized spacial score (nSPS) is 14.6. The Morgan fingerprint density at radius 1 is 1.35 bits per heavy atom. The quantitative estimate of drug-likeness (QED) is 0.760. The van der Waals surface area contributed by atoms with Gasteiger partial charge in [0.25, 0.3) is 0 Å². The summed E-state index contributed by atoms with van der Waals surface area (Å²) in [4.78, 5) is 0. The highest BCUT2D eigenvalue weighted by Gasteiger charge is 2.19. The molecule has 0 saturated heterocycles. The lowest BCUT2D eigenvalue weighted by molar-refractivity contribution is 0.0752. The number of rotatable bonds is 7. The fraction of sp³-hybridized carbons (Fsp3) is 0.538. The van der Waals surface area contributed by atoms with E-state index in [-0.39, 0.29) is 5.92 Å². The molecule has 1 rings (SSSR count). The summed E-state index contributed by atoms with van der Waals surface area (Å²) >= 11 is 3.39. The zero-order chi connectivity index (χ0) is 12.7. The second kappa shape index (κ2) is 7.82. The van der Waals surface area contributed by atoms with Crippen molar-refractivity contribution in [3.8, 4) is 0 Å². The summed E-state index contributed by atoms with van der Waals surface area (Å²) in [5, 5.41) is 10.1. The van der Waals surface area contributed by atoms with Gasteiger partial charge in [0.15, 0.2) is 0 Å². The van der Waals surface area contributed by atoms with E-state index in [1.54, 1.807) is 0 Å². The molecule has 3 nitrogen and oxygen atoms in total. The van der Waals surface area contributed by atoms with Gasteiger partial charge in [-0.25, -0.2) is 0 Å². The van der Waals surface area contributed by atoms with E-state index in [2.05, 4.69) is 15.9 Å². The van der Waals surface area contributed by atoms with E-state index in [1.807, 2.05) is 31.2 Å². The number of nitrogens with two attached hydrogens (primary N) is 1. The first-order valence-electron chi connectivity index (χ1n) is 5.90. The van der Waals surface area contributed by atoms with Gasteiger partial charge in [0.1, 0.15) is 0 Å². The van der Waals surface area contributed by atoms with Gasteiger partial charge in [0.2, 0.25) is 0 Å². The summed E-state index contributed by atoms with van der Waals surface area (Å²) < 4.78 is 6.27. The van der Waals surface area contributed by atoms with E-state index in [1.165, 1.54) is 0 Å². The van der Waals surface area contributed by atoms with Gasteiger partial charge >= 0.3 is 0 Å². The smallest absolute Gasteiger partial charge is 0.0642 e. The number of aliphatic hydroxyl groups excluding tert-OH is 1. The standard InChI is InChI=1S/C13H20BrNO2/c1-2-17-8-7-13(16)12(9-15)10-3-5-11(14)6-4-10/h3-6,12-13,16H,2,7-9,15H2,1H3. The van der Waals surface area contributed by atoms with Crippen molar-refractivity contribution >= 4 is 15.9 Å². The Hall–Kier alpha value is -0.420. The Morgan fingerprint density at radius 2 is 2.00 bits per heavy atom. The molecule has 3 N–H and O–H groups in total. The highest BCUT2D eigenvalue weighted by molar-refractivity contribution is 9.10. The summed E-state index contributed by atoms with van der Waals surface area (Å²) in [5.74, 6) is -0.0245. The monoisotopic (exact) mass is 301 g/mol. The predicted octanol–water partition coefficient (Wildman–Crippen LogP) is 2.28. The molecule has 0 aliphatic carbocycles. The van der Waals surface area contributed by atoms with Crippen LogP contribution in [-0.2, 0) is 4.74 Å². The van der Waals surface area contributed by atoms with Crippen LogP contribution in [0, 0.1) is 0 Å². The Morgan fingerprint density at radius 3 is 2.53 bits per heavy atom. The van der Waals surface area contributed by atoms with Crippen LogP contribution in [0.15, 0.2) is 28.7 Å². The minimum atomic E-state index is -0.451. The molecule has 0 heterocycles. The molecule has 0 radical (unpaired) electrons. The van der Waals surface area contributed by atoms with E-state index >= 15 is 0 Å². The molecule has 0 spiro atoms. The van der Waals surface area contributed by atoms with Crippen LogP contribution in [-0.4, -0.2) is 31.0 Å². The van der Waals surface area contributed by atoms with Gasteiger partial charge in [-0.15, -0.1) is 0 Å². The molecule has 0 saturated carbocycles. The van der Waals surface area contributed by atoms with Crippen LogP contribution in [0.3, 0.4) is 0 Å². The van der Waals surface area contributed by atoms with Gasteiger partial charge in [-0.2, -0.15) is 0 Å². The molecule has 0 bridgehead atoms. The van der Waals surface area contributed by atoms with Gasteiger partial charge in [-0.3, -0.25) is 0 Å². The Kier molecular flexibility index (Phi) is 6.73. The summed E-state index contributed by atoms with van der Waals surface area (Å²) in [6, 6.07) is 7.91. The lowest BCUT2D eigenvalue weighted by Gasteiger charge is -2.21. The molecule has 2 atom stereocenters. The molecule has 0 fully saturated rings. The SMILES string of the molecule is CCOCCC(O)C(CN)c1ccc(Br)cc1. The van der Waals surface area contributed by atoms with Gasteiger partial charge in [0, 0.05) is 30.1 Å². The summed E-state index contributed by atoms with van der Waals surface area (Å²) in [5.41, 5.74) is 6.80. The van der Waals surface area contributed by atoms with Gasteiger partial charge in [-0.1, -0.05) is 28.1 Å². The van der Waals surface area contributed by atoms with Crippen molar-refractivity contribution in [1.29, 1.82) is 0 Å². The van der Waals surface area contributed by atoms with Crippen molar-refractivity contribution in [2.75, 3.05) is 19.8 Å². The molecule has 0 aliphatic rings. The Labute approximate surface area is 111 Å². The van der Waals surface area contributed by atoms with Crippen LogP contribution in [0.2, 0.25) is 0 Å². The molecular weight excluding hydrogens is 282 g/mol. The van der Waals surface area contributed by atoms with Crippen LogP contribution < -0.4 is 5.73 Å². The van der Waals surface area contributed by atoms with E-state index in [9.17, 15) is 5.11 Å². The third kappa shape index (κ3) is 4.76. The van der Waals surface area contributed by atoms with E-state index in [0.717, 1.165) is 10.0 Å². The zero-order valence-electron chi connectivity index (χ0n) is 10.1. The number of benzene rings is 1. The van der Waals surface area contributed by atoms with Crippen LogP contribution >= 0.6 is 15.9 Å². The van der Waals surface area contributed by atoms with Crippen molar-refractivity contribution in [2.45, 2.75) is 25.4 Å². The zero-order valence-corrected chi connectivity index (χ0v) is 11.7. The van der Waals surface area contributed by atoms with Crippen LogP contribution in [0.5, 0.6) is 0 Å². The molecule has 17 heavy (non-hydrogen) atoms. The molecule has 1 aromatic rings. The number of halogens is 1. The minimum absolute atomic E-state index is 0.0245. The maximum atomic E-state index is 10.1. The highest BCUT2D eigenvalue weighted by atomic mass is 79.9. The molecule has 4 heteroatoms. The third-order valence-electron chi connectivity index (χ3n) is 2.78. The Balaban J connectivity index is 2.60. The number of hydrogen-bond acceptors (Lipinski definition) is 3. The first-order chi connectivity index (χ1) is 8.19. The average Bonchev–Trinajstić information content (AvgIpc) is 2.33. The second-order valence-electron chi connectivity index (χ2n) is 3.95. The molecule has 0 aliphatic heterocycles. The Bertz CT molecular complexity index is 316. The number of hydrogen-bond donors (Lipinski definition) is 2. The highest BCUT2D eigenvalue weighted by Crippen LogP contribution is 2.22. The molecule has 2 unspecified atom stereocenters. The van der Waals surface area contributed by atoms with Crippen molar-refractivity contribution < 1.29 is 9.84 Å². The lowest BCUT2D eigenvalue weighted by atomic mass is 9.92. The van der Waals surface area contributed by atoms with Crippen molar-refractivity contribution in [1.82, 2.24) is 0 Å². The van der Waals surface area contributed by atoms with Gasteiger partial charge in [-0.05, 0) is 31.0 Å². The van der Waals surface area contributed by atoms with E-state index in [4.69, 9.17) is 10.5 Å². The topological polar surface area (TPSA) is 55.5 Å². The fourth-order valence-electron chi connectivity index (χ4n) is 1.77.